The van der Waals surface area contributed by atoms with Gasteiger partial charge in [-0.05, 0) is 47.0 Å². The Labute approximate surface area is 172 Å². The molecular formula is C24H17FN2O3. The van der Waals surface area contributed by atoms with Crippen LogP contribution in [-0.4, -0.2) is 21.9 Å². The maximum atomic E-state index is 13.4. The number of fused-ring (bicyclic) bond motifs is 1. The van der Waals surface area contributed by atoms with Crippen molar-refractivity contribution in [1.29, 1.82) is 5.26 Å². The van der Waals surface area contributed by atoms with E-state index in [0.29, 0.717) is 27.8 Å². The molecule has 3 aromatic carbocycles. The van der Waals surface area contributed by atoms with Gasteiger partial charge in [0.2, 0.25) is 0 Å². The molecule has 148 valence electrons. The van der Waals surface area contributed by atoms with Gasteiger partial charge in [-0.25, -0.2) is 4.39 Å². The van der Waals surface area contributed by atoms with Crippen molar-refractivity contribution >= 4 is 11.9 Å². The van der Waals surface area contributed by atoms with Crippen LogP contribution in [0.15, 0.2) is 72.8 Å². The highest BCUT2D eigenvalue weighted by molar-refractivity contribution is 6.00. The number of halogens is 1. The van der Waals surface area contributed by atoms with E-state index in [2.05, 4.69) is 0 Å². The first-order valence-electron chi connectivity index (χ1n) is 9.37. The van der Waals surface area contributed by atoms with Crippen molar-refractivity contribution in [2.75, 3.05) is 0 Å². The molecule has 1 amide bonds. The molecule has 3 aromatic rings. The Morgan fingerprint density at radius 3 is 2.33 bits per heavy atom. The Morgan fingerprint density at radius 2 is 1.70 bits per heavy atom. The molecule has 0 aliphatic carbocycles. The van der Waals surface area contributed by atoms with Crippen LogP contribution >= 0.6 is 0 Å². The molecule has 0 bridgehead atoms. The second-order valence-corrected chi connectivity index (χ2v) is 7.14. The topological polar surface area (TPSA) is 81.4 Å². The summed E-state index contributed by atoms with van der Waals surface area (Å²) in [5, 5.41) is 19.2. The first-order valence-corrected chi connectivity index (χ1v) is 9.37. The van der Waals surface area contributed by atoms with Crippen LogP contribution in [0.2, 0.25) is 0 Å². The number of carbonyl (C=O) groups excluding carboxylic acids is 1. The van der Waals surface area contributed by atoms with E-state index in [9.17, 15) is 19.1 Å². The number of rotatable bonds is 4. The number of nitriles is 1. The lowest BCUT2D eigenvalue weighted by molar-refractivity contribution is -0.140. The molecule has 30 heavy (non-hydrogen) atoms. The van der Waals surface area contributed by atoms with Crippen molar-refractivity contribution in [1.82, 2.24) is 4.90 Å². The third-order valence-corrected chi connectivity index (χ3v) is 5.35. The Morgan fingerprint density at radius 1 is 1.03 bits per heavy atom. The van der Waals surface area contributed by atoms with Crippen molar-refractivity contribution in [3.8, 4) is 6.07 Å². The number of carboxylic acids is 1. The Bertz CT molecular complexity index is 1150. The summed E-state index contributed by atoms with van der Waals surface area (Å²) in [6, 6.07) is 20.3. The maximum absolute atomic E-state index is 13.4. The first kappa shape index (κ1) is 19.3. The molecule has 6 heteroatoms. The summed E-state index contributed by atoms with van der Waals surface area (Å²) in [6.45, 7) is 0.127. The number of hydrogen-bond donors (Lipinski definition) is 1. The second-order valence-electron chi connectivity index (χ2n) is 7.14. The molecule has 1 aliphatic heterocycles. The van der Waals surface area contributed by atoms with Gasteiger partial charge in [0.15, 0.2) is 0 Å². The molecule has 0 spiro atoms. The van der Waals surface area contributed by atoms with Crippen molar-refractivity contribution in [3.05, 3.63) is 106 Å². The molecule has 0 fully saturated rings. The molecule has 1 aliphatic rings. The zero-order valence-electron chi connectivity index (χ0n) is 15.8. The third-order valence-electron chi connectivity index (χ3n) is 5.35. The standard InChI is InChI=1S/C24H17FN2O3/c25-18-11-7-16(8-12-18)14-27-22(17-9-5-15(13-26)6-10-17)21(24(29)30)19-3-1-2-4-20(19)23(27)28/h1-12,21-22H,14H2,(H,29,30)/t21-,22-/m1/s1. The maximum Gasteiger partial charge on any atom is 0.313 e. The smallest absolute Gasteiger partial charge is 0.313 e. The van der Waals surface area contributed by atoms with Gasteiger partial charge in [-0.2, -0.15) is 5.26 Å². The molecule has 1 heterocycles. The molecule has 4 rings (SSSR count). The highest BCUT2D eigenvalue weighted by atomic mass is 19.1. The van der Waals surface area contributed by atoms with Crippen LogP contribution in [0.1, 0.15) is 44.6 Å². The Balaban J connectivity index is 1.86. The highest BCUT2D eigenvalue weighted by Crippen LogP contribution is 2.43. The highest BCUT2D eigenvalue weighted by Gasteiger charge is 2.44. The first-order chi connectivity index (χ1) is 14.5. The van der Waals surface area contributed by atoms with E-state index in [-0.39, 0.29) is 18.3 Å². The van der Waals surface area contributed by atoms with E-state index < -0.39 is 17.9 Å². The summed E-state index contributed by atoms with van der Waals surface area (Å²) in [5.41, 5.74) is 2.55. The normalized spacial score (nSPS) is 17.9. The van der Waals surface area contributed by atoms with Crippen LogP contribution in [0.5, 0.6) is 0 Å². The van der Waals surface area contributed by atoms with Gasteiger partial charge in [0.25, 0.3) is 5.91 Å². The van der Waals surface area contributed by atoms with Crippen molar-refractivity contribution in [2.45, 2.75) is 18.5 Å². The van der Waals surface area contributed by atoms with Gasteiger partial charge in [0.05, 0.1) is 17.7 Å². The fraction of sp³-hybridized carbons (Fsp3) is 0.125. The molecule has 1 N–H and O–H groups in total. The van der Waals surface area contributed by atoms with Crippen LogP contribution in [-0.2, 0) is 11.3 Å². The zero-order chi connectivity index (χ0) is 21.3. The molecule has 0 saturated heterocycles. The minimum absolute atomic E-state index is 0.127. The fourth-order valence-corrected chi connectivity index (χ4v) is 3.95. The van der Waals surface area contributed by atoms with E-state index in [0.717, 1.165) is 0 Å². The van der Waals surface area contributed by atoms with Crippen molar-refractivity contribution < 1.29 is 19.1 Å². The van der Waals surface area contributed by atoms with Crippen LogP contribution in [0.3, 0.4) is 0 Å². The van der Waals surface area contributed by atoms with Gasteiger partial charge in [-0.1, -0.05) is 42.5 Å². The quantitative estimate of drug-likeness (QED) is 0.709. The van der Waals surface area contributed by atoms with Crippen molar-refractivity contribution in [2.24, 2.45) is 0 Å². The number of amides is 1. The molecule has 0 radical (unpaired) electrons. The van der Waals surface area contributed by atoms with Crippen molar-refractivity contribution in [3.63, 3.8) is 0 Å². The fourth-order valence-electron chi connectivity index (χ4n) is 3.95. The summed E-state index contributed by atoms with van der Waals surface area (Å²) >= 11 is 0. The number of carbonyl (C=O) groups is 2. The molecular weight excluding hydrogens is 383 g/mol. The molecule has 0 aromatic heterocycles. The minimum Gasteiger partial charge on any atom is -0.481 e. The average Bonchev–Trinajstić information content (AvgIpc) is 2.76. The predicted molar refractivity (Wildman–Crippen MR) is 107 cm³/mol. The number of nitrogens with zero attached hydrogens (tertiary/aromatic N) is 2. The van der Waals surface area contributed by atoms with Gasteiger partial charge >= 0.3 is 5.97 Å². The predicted octanol–water partition coefficient (Wildman–Crippen LogP) is 4.26. The number of aliphatic carboxylic acids is 1. The van der Waals surface area contributed by atoms with Gasteiger partial charge in [0, 0.05) is 12.1 Å². The van der Waals surface area contributed by atoms with Gasteiger partial charge in [0.1, 0.15) is 11.7 Å². The summed E-state index contributed by atoms with van der Waals surface area (Å²) in [5.74, 6) is -2.70. The van der Waals surface area contributed by atoms with Crippen LogP contribution in [0.4, 0.5) is 4.39 Å². The van der Waals surface area contributed by atoms with Crippen LogP contribution in [0.25, 0.3) is 0 Å². The summed E-state index contributed by atoms with van der Waals surface area (Å²) in [6.07, 6.45) is 0. The molecule has 0 saturated carbocycles. The van der Waals surface area contributed by atoms with Gasteiger partial charge in [-0.3, -0.25) is 9.59 Å². The van der Waals surface area contributed by atoms with Gasteiger partial charge in [-0.15, -0.1) is 0 Å². The van der Waals surface area contributed by atoms with E-state index in [1.165, 1.54) is 17.0 Å². The molecule has 5 nitrogen and oxygen atoms in total. The number of benzene rings is 3. The van der Waals surface area contributed by atoms with E-state index >= 15 is 0 Å². The summed E-state index contributed by atoms with van der Waals surface area (Å²) in [7, 11) is 0. The number of hydrogen-bond acceptors (Lipinski definition) is 3. The van der Waals surface area contributed by atoms with E-state index in [1.54, 1.807) is 60.7 Å². The van der Waals surface area contributed by atoms with Gasteiger partial charge < -0.3 is 10.0 Å². The third kappa shape index (κ3) is 3.42. The lowest BCUT2D eigenvalue weighted by Gasteiger charge is -2.41. The SMILES string of the molecule is N#Cc1ccc([C@@H]2[C@H](C(=O)O)c3ccccc3C(=O)N2Cc2ccc(F)cc2)cc1. The largest absolute Gasteiger partial charge is 0.481 e. The second kappa shape index (κ2) is 7.80. The monoisotopic (exact) mass is 400 g/mol. The summed E-state index contributed by atoms with van der Waals surface area (Å²) in [4.78, 5) is 27.2. The molecule has 2 atom stereocenters. The minimum atomic E-state index is -1.05. The van der Waals surface area contributed by atoms with Crippen LogP contribution < -0.4 is 0 Å². The Hall–Kier alpha value is -3.98. The molecule has 0 unspecified atom stereocenters. The van der Waals surface area contributed by atoms with Crippen LogP contribution in [0, 0.1) is 17.1 Å². The van der Waals surface area contributed by atoms with E-state index in [1.807, 2.05) is 6.07 Å². The zero-order valence-corrected chi connectivity index (χ0v) is 15.8. The lowest BCUT2D eigenvalue weighted by atomic mass is 9.79. The Kier molecular flexibility index (Phi) is 5.03. The average molecular weight is 400 g/mol. The lowest BCUT2D eigenvalue weighted by Crippen LogP contribution is -2.44. The van der Waals surface area contributed by atoms with E-state index in [4.69, 9.17) is 5.26 Å². The number of carboxylic acid groups (broad SMARTS) is 1. The summed E-state index contributed by atoms with van der Waals surface area (Å²) < 4.78 is 13.3.